The Labute approximate surface area is 155 Å². The Balaban J connectivity index is 1.79. The Kier molecular flexibility index (Phi) is 5.44. The summed E-state index contributed by atoms with van der Waals surface area (Å²) in [5, 5.41) is 0. The van der Waals surface area contributed by atoms with Crippen LogP contribution in [0.4, 0.5) is 5.69 Å². The summed E-state index contributed by atoms with van der Waals surface area (Å²) >= 11 is 3.38. The Hall–Kier alpha value is -1.86. The molecule has 5 nitrogen and oxygen atoms in total. The van der Waals surface area contributed by atoms with E-state index in [0.717, 1.165) is 4.47 Å². The average molecular weight is 424 g/mol. The van der Waals surface area contributed by atoms with Crippen LogP contribution in [0.15, 0.2) is 59.1 Å². The van der Waals surface area contributed by atoms with Crippen molar-refractivity contribution in [3.8, 4) is 5.75 Å². The van der Waals surface area contributed by atoms with E-state index in [1.165, 1.54) is 0 Å². The molecule has 0 unspecified atom stereocenters. The molecule has 7 heteroatoms. The maximum Gasteiger partial charge on any atom is 0.265 e. The number of ether oxygens (including phenoxy) is 1. The van der Waals surface area contributed by atoms with Gasteiger partial charge in [0.15, 0.2) is 16.4 Å². The number of carbonyl (C=O) groups excluding carboxylic acids is 1. The summed E-state index contributed by atoms with van der Waals surface area (Å²) < 4.78 is 30.1. The molecule has 2 aromatic carbocycles. The highest BCUT2D eigenvalue weighted by atomic mass is 79.9. The normalized spacial score (nSPS) is 18.7. The van der Waals surface area contributed by atoms with Crippen molar-refractivity contribution >= 4 is 37.4 Å². The van der Waals surface area contributed by atoms with Gasteiger partial charge in [0.2, 0.25) is 0 Å². The van der Waals surface area contributed by atoms with Gasteiger partial charge in [-0.1, -0.05) is 30.3 Å². The Bertz CT molecular complexity index is 854. The molecule has 1 fully saturated rings. The molecule has 25 heavy (non-hydrogen) atoms. The third-order valence-electron chi connectivity index (χ3n) is 4.06. The number of para-hydroxylation sites is 2. The molecule has 1 aliphatic rings. The molecule has 1 amide bonds. The summed E-state index contributed by atoms with van der Waals surface area (Å²) in [6, 6.07) is 16.0. The molecule has 0 N–H and O–H groups in total. The third kappa shape index (κ3) is 4.41. The second-order valence-corrected chi connectivity index (χ2v) is 8.96. The maximum atomic E-state index is 12.8. The third-order valence-corrected chi connectivity index (χ3v) is 6.47. The van der Waals surface area contributed by atoms with Gasteiger partial charge >= 0.3 is 0 Å². The van der Waals surface area contributed by atoms with Gasteiger partial charge in [0.25, 0.3) is 5.91 Å². The maximum absolute atomic E-state index is 12.8. The van der Waals surface area contributed by atoms with Crippen LogP contribution in [-0.4, -0.2) is 38.5 Å². The highest BCUT2D eigenvalue weighted by Gasteiger charge is 2.35. The number of hydrogen-bond acceptors (Lipinski definition) is 4. The fourth-order valence-corrected chi connectivity index (χ4v) is 5.00. The van der Waals surface area contributed by atoms with Crippen LogP contribution < -0.4 is 9.64 Å². The largest absolute Gasteiger partial charge is 0.483 e. The van der Waals surface area contributed by atoms with Gasteiger partial charge in [0.1, 0.15) is 5.75 Å². The van der Waals surface area contributed by atoms with E-state index < -0.39 is 9.84 Å². The van der Waals surface area contributed by atoms with Gasteiger partial charge in [-0.15, -0.1) is 0 Å². The van der Waals surface area contributed by atoms with Crippen LogP contribution in [0.1, 0.15) is 6.42 Å². The lowest BCUT2D eigenvalue weighted by Crippen LogP contribution is -2.43. The molecule has 0 bridgehead atoms. The fourth-order valence-electron chi connectivity index (χ4n) is 2.90. The molecule has 0 saturated carbocycles. The van der Waals surface area contributed by atoms with Crippen molar-refractivity contribution < 1.29 is 17.9 Å². The van der Waals surface area contributed by atoms with Gasteiger partial charge in [-0.3, -0.25) is 4.79 Å². The number of halogens is 1. The molecule has 1 aliphatic heterocycles. The van der Waals surface area contributed by atoms with Crippen molar-refractivity contribution in [1.82, 2.24) is 0 Å². The van der Waals surface area contributed by atoms with E-state index in [1.54, 1.807) is 23.1 Å². The Morgan fingerprint density at radius 2 is 1.80 bits per heavy atom. The molecule has 0 aromatic heterocycles. The monoisotopic (exact) mass is 423 g/mol. The SMILES string of the molecule is O=C(COc1ccccc1Br)N(c1ccccc1)[C@H]1CCS(=O)(=O)C1. The van der Waals surface area contributed by atoms with Crippen molar-refractivity contribution in [3.63, 3.8) is 0 Å². The van der Waals surface area contributed by atoms with Crippen LogP contribution in [0.5, 0.6) is 5.75 Å². The molecule has 3 rings (SSSR count). The van der Waals surface area contributed by atoms with Crippen LogP contribution in [0.25, 0.3) is 0 Å². The molecule has 1 saturated heterocycles. The number of rotatable bonds is 5. The number of nitrogens with zero attached hydrogens (tertiary/aromatic N) is 1. The lowest BCUT2D eigenvalue weighted by atomic mass is 10.2. The number of sulfone groups is 1. The van der Waals surface area contributed by atoms with E-state index in [1.807, 2.05) is 36.4 Å². The van der Waals surface area contributed by atoms with Crippen molar-refractivity contribution in [2.45, 2.75) is 12.5 Å². The molecule has 1 heterocycles. The van der Waals surface area contributed by atoms with Crippen molar-refractivity contribution in [2.75, 3.05) is 23.0 Å². The molecular formula is C18H18BrNO4S. The second-order valence-electron chi connectivity index (χ2n) is 5.88. The van der Waals surface area contributed by atoms with Crippen LogP contribution >= 0.6 is 15.9 Å². The van der Waals surface area contributed by atoms with E-state index in [2.05, 4.69) is 15.9 Å². The van der Waals surface area contributed by atoms with Gasteiger partial charge in [-0.25, -0.2) is 8.42 Å². The zero-order chi connectivity index (χ0) is 17.9. The molecule has 0 radical (unpaired) electrons. The van der Waals surface area contributed by atoms with Crippen molar-refractivity contribution in [1.29, 1.82) is 0 Å². The minimum Gasteiger partial charge on any atom is -0.483 e. The summed E-state index contributed by atoms with van der Waals surface area (Å²) in [6.07, 6.45) is 0.442. The minimum absolute atomic E-state index is 0.0112. The number of anilines is 1. The van der Waals surface area contributed by atoms with Crippen molar-refractivity contribution in [2.24, 2.45) is 0 Å². The van der Waals surface area contributed by atoms with Gasteiger partial charge in [-0.2, -0.15) is 0 Å². The fraction of sp³-hybridized carbons (Fsp3) is 0.278. The van der Waals surface area contributed by atoms with Crippen LogP contribution in [0, 0.1) is 0 Å². The first-order chi connectivity index (χ1) is 12.0. The van der Waals surface area contributed by atoms with E-state index in [4.69, 9.17) is 4.74 Å². The van der Waals surface area contributed by atoms with E-state index >= 15 is 0 Å². The first kappa shape index (κ1) is 17.9. The van der Waals surface area contributed by atoms with Crippen LogP contribution in [0.3, 0.4) is 0 Å². The molecule has 132 valence electrons. The highest BCUT2D eigenvalue weighted by Crippen LogP contribution is 2.26. The molecule has 0 spiro atoms. The van der Waals surface area contributed by atoms with Gasteiger partial charge in [0, 0.05) is 5.69 Å². The number of carbonyl (C=O) groups is 1. The van der Waals surface area contributed by atoms with Crippen LogP contribution in [-0.2, 0) is 14.6 Å². The van der Waals surface area contributed by atoms with Gasteiger partial charge in [0.05, 0.1) is 22.0 Å². The van der Waals surface area contributed by atoms with Crippen LogP contribution in [0.2, 0.25) is 0 Å². The topological polar surface area (TPSA) is 63.7 Å². The predicted octanol–water partition coefficient (Wildman–Crippen LogP) is 3.05. The highest BCUT2D eigenvalue weighted by molar-refractivity contribution is 9.10. The summed E-state index contributed by atoms with van der Waals surface area (Å²) in [7, 11) is -3.10. The first-order valence-electron chi connectivity index (χ1n) is 7.91. The van der Waals surface area contributed by atoms with E-state index in [-0.39, 0.29) is 30.1 Å². The Morgan fingerprint density at radius 3 is 2.44 bits per heavy atom. The van der Waals surface area contributed by atoms with Crippen molar-refractivity contribution in [3.05, 3.63) is 59.1 Å². The number of amides is 1. The zero-order valence-corrected chi connectivity index (χ0v) is 15.9. The van der Waals surface area contributed by atoms with Gasteiger partial charge < -0.3 is 9.64 Å². The standard InChI is InChI=1S/C18H18BrNO4S/c19-16-8-4-5-9-17(16)24-12-18(21)20(14-6-2-1-3-7-14)15-10-11-25(22,23)13-15/h1-9,15H,10-13H2/t15-/m0/s1. The minimum atomic E-state index is -3.10. The molecule has 0 aliphatic carbocycles. The smallest absolute Gasteiger partial charge is 0.265 e. The molecular weight excluding hydrogens is 406 g/mol. The summed E-state index contributed by atoms with van der Waals surface area (Å²) in [5.41, 5.74) is 0.685. The number of hydrogen-bond donors (Lipinski definition) is 0. The Morgan fingerprint density at radius 1 is 1.12 bits per heavy atom. The predicted molar refractivity (Wildman–Crippen MR) is 101 cm³/mol. The summed E-state index contributed by atoms with van der Waals surface area (Å²) in [5.74, 6) is 0.411. The molecule has 1 atom stereocenters. The van der Waals surface area contributed by atoms with E-state index in [0.29, 0.717) is 17.9 Å². The van der Waals surface area contributed by atoms with Gasteiger partial charge in [-0.05, 0) is 46.6 Å². The first-order valence-corrected chi connectivity index (χ1v) is 10.5. The second kappa shape index (κ2) is 7.58. The average Bonchev–Trinajstić information content (AvgIpc) is 2.95. The lowest BCUT2D eigenvalue weighted by molar-refractivity contribution is -0.121. The van der Waals surface area contributed by atoms with E-state index in [9.17, 15) is 13.2 Å². The summed E-state index contributed by atoms with van der Waals surface area (Å²) in [6.45, 7) is -0.159. The number of benzene rings is 2. The lowest BCUT2D eigenvalue weighted by Gasteiger charge is -2.28. The quantitative estimate of drug-likeness (QED) is 0.740. The summed E-state index contributed by atoms with van der Waals surface area (Å²) in [4.78, 5) is 14.4. The zero-order valence-electron chi connectivity index (χ0n) is 13.5. The molecule has 2 aromatic rings.